The smallest absolute Gasteiger partial charge is 0.247 e. The highest BCUT2D eigenvalue weighted by Crippen LogP contribution is 2.38. The van der Waals surface area contributed by atoms with E-state index in [-0.39, 0.29) is 0 Å². The van der Waals surface area contributed by atoms with E-state index < -0.39 is 6.23 Å². The van der Waals surface area contributed by atoms with Crippen LogP contribution >= 0.6 is 11.8 Å². The topological polar surface area (TPSA) is 72.8 Å². The first-order valence-corrected chi connectivity index (χ1v) is 8.64. The minimum Gasteiger partial charge on any atom is -0.446 e. The molecule has 3 aromatic rings. The van der Waals surface area contributed by atoms with Crippen LogP contribution in [0.1, 0.15) is 18.8 Å². The number of aromatic nitrogens is 4. The zero-order chi connectivity index (χ0) is 16.4. The molecule has 6 nitrogen and oxygen atoms in total. The number of nitrogens with one attached hydrogen (secondary N) is 1. The van der Waals surface area contributed by atoms with Gasteiger partial charge in [-0.1, -0.05) is 43.0 Å². The van der Waals surface area contributed by atoms with Gasteiger partial charge in [-0.15, -0.1) is 10.2 Å². The number of hydrogen-bond acceptors (Lipinski definition) is 7. The quantitative estimate of drug-likeness (QED) is 0.733. The highest BCUT2D eigenvalue weighted by atomic mass is 32.2. The largest absolute Gasteiger partial charge is 0.446 e. The summed E-state index contributed by atoms with van der Waals surface area (Å²) in [5, 5.41) is 12.5. The molecule has 0 bridgehead atoms. The summed E-state index contributed by atoms with van der Waals surface area (Å²) in [6.07, 6.45) is 1.30. The highest BCUT2D eigenvalue weighted by molar-refractivity contribution is 7.99. The van der Waals surface area contributed by atoms with Crippen molar-refractivity contribution in [2.45, 2.75) is 18.3 Å². The summed E-state index contributed by atoms with van der Waals surface area (Å²) in [4.78, 5) is 8.93. The second kappa shape index (κ2) is 6.45. The van der Waals surface area contributed by atoms with Gasteiger partial charge in [-0.05, 0) is 24.0 Å². The fraction of sp³-hybridized carbons (Fsp3) is 0.176. The number of para-hydroxylation sites is 1. The van der Waals surface area contributed by atoms with Gasteiger partial charge in [0.15, 0.2) is 5.69 Å². The molecule has 120 valence electrons. The van der Waals surface area contributed by atoms with E-state index in [1.165, 1.54) is 11.8 Å². The number of benzene rings is 1. The number of fused-ring (bicyclic) bond motifs is 3. The molecule has 1 aliphatic rings. The van der Waals surface area contributed by atoms with Crippen molar-refractivity contribution in [2.24, 2.45) is 0 Å². The molecule has 0 saturated carbocycles. The van der Waals surface area contributed by atoms with Crippen LogP contribution in [0.2, 0.25) is 0 Å². The Kier molecular flexibility index (Phi) is 4.00. The van der Waals surface area contributed by atoms with Crippen molar-refractivity contribution in [1.82, 2.24) is 20.2 Å². The zero-order valence-corrected chi connectivity index (χ0v) is 13.8. The van der Waals surface area contributed by atoms with E-state index in [0.29, 0.717) is 16.7 Å². The molecule has 7 heteroatoms. The zero-order valence-electron chi connectivity index (χ0n) is 13.0. The van der Waals surface area contributed by atoms with Crippen LogP contribution < -0.4 is 10.1 Å². The molecule has 0 radical (unpaired) electrons. The summed E-state index contributed by atoms with van der Waals surface area (Å²) in [5.41, 5.74) is 3.25. The number of hydrogen-bond donors (Lipinski definition) is 1. The average molecular weight is 337 g/mol. The summed E-state index contributed by atoms with van der Waals surface area (Å²) < 4.78 is 6.11. The first-order valence-electron chi connectivity index (χ1n) is 7.66. The maximum Gasteiger partial charge on any atom is 0.247 e. The lowest BCUT2D eigenvalue weighted by Crippen LogP contribution is -2.18. The van der Waals surface area contributed by atoms with Gasteiger partial charge in [0.1, 0.15) is 5.69 Å². The highest BCUT2D eigenvalue weighted by Gasteiger charge is 2.26. The molecular formula is C17H15N5OS. The van der Waals surface area contributed by atoms with Crippen LogP contribution in [0.15, 0.2) is 53.8 Å². The SMILES string of the molecule is CCSc1nnc2c(n1)O[C@@H](c1ccccn1)Nc1ccccc1-2. The van der Waals surface area contributed by atoms with Crippen molar-refractivity contribution in [3.8, 4) is 17.1 Å². The summed E-state index contributed by atoms with van der Waals surface area (Å²) in [7, 11) is 0. The maximum absolute atomic E-state index is 6.11. The number of ether oxygens (including phenoxy) is 1. The van der Waals surface area contributed by atoms with Crippen molar-refractivity contribution in [1.29, 1.82) is 0 Å². The molecule has 0 unspecified atom stereocenters. The molecule has 1 aromatic carbocycles. The van der Waals surface area contributed by atoms with Crippen molar-refractivity contribution < 1.29 is 4.74 Å². The molecule has 0 aliphatic carbocycles. The minimum absolute atomic E-state index is 0.440. The third-order valence-corrected chi connectivity index (χ3v) is 4.28. The predicted octanol–water partition coefficient (Wildman–Crippen LogP) is 3.55. The molecule has 24 heavy (non-hydrogen) atoms. The lowest BCUT2D eigenvalue weighted by atomic mass is 10.1. The Bertz CT molecular complexity index is 859. The van der Waals surface area contributed by atoms with Crippen molar-refractivity contribution in [2.75, 3.05) is 11.1 Å². The Hall–Kier alpha value is -2.67. The van der Waals surface area contributed by atoms with Crippen LogP contribution in [0.5, 0.6) is 5.88 Å². The molecule has 2 aromatic heterocycles. The number of anilines is 1. The van der Waals surface area contributed by atoms with E-state index in [2.05, 4.69) is 25.5 Å². The van der Waals surface area contributed by atoms with Gasteiger partial charge in [-0.25, -0.2) is 0 Å². The van der Waals surface area contributed by atoms with Gasteiger partial charge in [0, 0.05) is 17.4 Å². The minimum atomic E-state index is -0.440. The van der Waals surface area contributed by atoms with Crippen LogP contribution in [0.4, 0.5) is 5.69 Å². The van der Waals surface area contributed by atoms with Gasteiger partial charge in [0.2, 0.25) is 17.3 Å². The van der Waals surface area contributed by atoms with Crippen LogP contribution in [0.3, 0.4) is 0 Å². The second-order valence-electron chi connectivity index (χ2n) is 5.12. The van der Waals surface area contributed by atoms with Gasteiger partial charge in [0.05, 0.1) is 0 Å². The third kappa shape index (κ3) is 2.78. The maximum atomic E-state index is 6.11. The summed E-state index contributed by atoms with van der Waals surface area (Å²) in [5.74, 6) is 1.34. The lowest BCUT2D eigenvalue weighted by molar-refractivity contribution is 0.220. The monoisotopic (exact) mass is 337 g/mol. The number of pyridine rings is 1. The fourth-order valence-electron chi connectivity index (χ4n) is 2.50. The van der Waals surface area contributed by atoms with Crippen LogP contribution in [-0.2, 0) is 0 Å². The van der Waals surface area contributed by atoms with Gasteiger partial charge in [-0.3, -0.25) is 4.98 Å². The normalized spacial score (nSPS) is 15.5. The van der Waals surface area contributed by atoms with E-state index >= 15 is 0 Å². The van der Waals surface area contributed by atoms with Gasteiger partial charge in [-0.2, -0.15) is 4.98 Å². The first-order chi connectivity index (χ1) is 11.8. The predicted molar refractivity (Wildman–Crippen MR) is 92.9 cm³/mol. The number of nitrogens with zero attached hydrogens (tertiary/aromatic N) is 4. The van der Waals surface area contributed by atoms with Crippen LogP contribution in [-0.4, -0.2) is 25.9 Å². The fourth-order valence-corrected chi connectivity index (χ4v) is 3.01. The first kappa shape index (κ1) is 14.9. The molecule has 1 aliphatic heterocycles. The molecule has 0 saturated heterocycles. The Morgan fingerprint density at radius 2 is 2.00 bits per heavy atom. The molecule has 3 heterocycles. The van der Waals surface area contributed by atoms with Crippen molar-refractivity contribution >= 4 is 17.4 Å². The van der Waals surface area contributed by atoms with E-state index in [4.69, 9.17) is 4.74 Å². The van der Waals surface area contributed by atoms with Gasteiger partial charge in [0.25, 0.3) is 0 Å². The molecule has 1 N–H and O–H groups in total. The molecule has 4 rings (SSSR count). The second-order valence-corrected chi connectivity index (χ2v) is 6.35. The van der Waals surface area contributed by atoms with E-state index in [1.807, 2.05) is 49.4 Å². The average Bonchev–Trinajstić information content (AvgIpc) is 2.79. The van der Waals surface area contributed by atoms with Crippen LogP contribution in [0.25, 0.3) is 11.3 Å². The van der Waals surface area contributed by atoms with Crippen LogP contribution in [0, 0.1) is 0 Å². The number of thioether (sulfide) groups is 1. The van der Waals surface area contributed by atoms with Crippen molar-refractivity contribution in [3.63, 3.8) is 0 Å². The van der Waals surface area contributed by atoms with Gasteiger partial charge < -0.3 is 10.1 Å². The molecule has 0 amide bonds. The molecular weight excluding hydrogens is 322 g/mol. The summed E-state index contributed by atoms with van der Waals surface area (Å²) in [6, 6.07) is 13.6. The van der Waals surface area contributed by atoms with Crippen molar-refractivity contribution in [3.05, 3.63) is 54.4 Å². The Morgan fingerprint density at radius 1 is 1.12 bits per heavy atom. The Balaban J connectivity index is 1.84. The Morgan fingerprint density at radius 3 is 2.83 bits per heavy atom. The lowest BCUT2D eigenvalue weighted by Gasteiger charge is -2.18. The van der Waals surface area contributed by atoms with E-state index in [0.717, 1.165) is 22.7 Å². The van der Waals surface area contributed by atoms with Gasteiger partial charge >= 0.3 is 0 Å². The molecule has 0 fully saturated rings. The Labute approximate surface area is 143 Å². The number of rotatable bonds is 3. The van der Waals surface area contributed by atoms with E-state index in [9.17, 15) is 0 Å². The summed E-state index contributed by atoms with van der Waals surface area (Å²) in [6.45, 7) is 2.05. The summed E-state index contributed by atoms with van der Waals surface area (Å²) >= 11 is 1.53. The third-order valence-electron chi connectivity index (χ3n) is 3.56. The molecule has 1 atom stereocenters. The standard InChI is InChI=1S/C17H15N5OS/c1-2-24-17-20-16-14(21-22-17)11-7-3-4-8-12(11)19-15(23-16)13-9-5-6-10-18-13/h3-10,15,19H,2H2,1H3/t15-/m0/s1. The van der Waals surface area contributed by atoms with E-state index in [1.54, 1.807) is 6.20 Å². The molecule has 0 spiro atoms.